The highest BCUT2D eigenvalue weighted by Crippen LogP contribution is 2.37. The number of anilines is 2. The third-order valence-electron chi connectivity index (χ3n) is 5.04. The number of aromatic nitrogens is 1. The molecule has 0 fully saturated rings. The van der Waals surface area contributed by atoms with E-state index in [0.29, 0.717) is 0 Å². The molecular weight excluding hydrogens is 330 g/mol. The monoisotopic (exact) mass is 349 g/mol. The van der Waals surface area contributed by atoms with Gasteiger partial charge in [0.05, 0.1) is 16.7 Å². The van der Waals surface area contributed by atoms with Crippen molar-refractivity contribution in [2.45, 2.75) is 0 Å². The Bertz CT molecular complexity index is 1220. The second-order valence-corrected chi connectivity index (χ2v) is 6.77. The number of fused-ring (bicyclic) bond motifs is 3. The quantitative estimate of drug-likeness (QED) is 0.407. The van der Waals surface area contributed by atoms with Gasteiger partial charge in [-0.05, 0) is 48.0 Å². The van der Waals surface area contributed by atoms with Gasteiger partial charge < -0.3 is 16.0 Å². The number of nitrogen functional groups attached to an aromatic ring is 2. The molecule has 0 amide bonds. The van der Waals surface area contributed by atoms with Crippen molar-refractivity contribution in [1.29, 1.82) is 0 Å². The molecule has 0 spiro atoms. The molecule has 5 rings (SSSR count). The first-order valence-corrected chi connectivity index (χ1v) is 8.96. The fourth-order valence-corrected chi connectivity index (χ4v) is 3.85. The average Bonchev–Trinajstić information content (AvgIpc) is 3.01. The van der Waals surface area contributed by atoms with E-state index in [9.17, 15) is 0 Å². The maximum Gasteiger partial charge on any atom is 0.0542 e. The predicted molar refractivity (Wildman–Crippen MR) is 115 cm³/mol. The molecular formula is C24H19N3. The maximum atomic E-state index is 6.08. The van der Waals surface area contributed by atoms with E-state index in [-0.39, 0.29) is 0 Å². The minimum atomic E-state index is 0.750. The highest BCUT2D eigenvalue weighted by atomic mass is 15.0. The van der Waals surface area contributed by atoms with E-state index in [1.807, 2.05) is 30.3 Å². The summed E-state index contributed by atoms with van der Waals surface area (Å²) in [6.45, 7) is 0. The summed E-state index contributed by atoms with van der Waals surface area (Å²) >= 11 is 0. The Balaban J connectivity index is 1.92. The van der Waals surface area contributed by atoms with Gasteiger partial charge in [-0.3, -0.25) is 0 Å². The van der Waals surface area contributed by atoms with Gasteiger partial charge in [0.1, 0.15) is 0 Å². The summed E-state index contributed by atoms with van der Waals surface area (Å²) in [7, 11) is 0. The Kier molecular flexibility index (Phi) is 3.41. The van der Waals surface area contributed by atoms with E-state index in [0.717, 1.165) is 38.9 Å². The molecule has 0 aliphatic carbocycles. The number of hydrogen-bond donors (Lipinski definition) is 2. The van der Waals surface area contributed by atoms with E-state index in [2.05, 4.69) is 65.2 Å². The van der Waals surface area contributed by atoms with Gasteiger partial charge >= 0.3 is 0 Å². The molecule has 130 valence electrons. The highest BCUT2D eigenvalue weighted by Gasteiger charge is 2.15. The number of rotatable bonds is 2. The van der Waals surface area contributed by atoms with Crippen LogP contribution in [0.5, 0.6) is 0 Å². The summed E-state index contributed by atoms with van der Waals surface area (Å²) < 4.78 is 2.30. The molecule has 0 unspecified atom stereocenters. The standard InChI is InChI=1S/C24H19N3/c25-17-10-12-23-20(14-17)21-15-18(26)11-13-24(21)27(23)22-9-5-4-8-19(22)16-6-2-1-3-7-16/h1-15H,25-26H2. The van der Waals surface area contributed by atoms with Crippen molar-refractivity contribution < 1.29 is 0 Å². The first kappa shape index (κ1) is 15.5. The first-order valence-electron chi connectivity index (χ1n) is 8.96. The molecule has 0 radical (unpaired) electrons. The van der Waals surface area contributed by atoms with Gasteiger partial charge in [-0.25, -0.2) is 0 Å². The lowest BCUT2D eigenvalue weighted by atomic mass is 10.0. The van der Waals surface area contributed by atoms with Gasteiger partial charge in [-0.2, -0.15) is 0 Å². The van der Waals surface area contributed by atoms with Gasteiger partial charge in [0.15, 0.2) is 0 Å². The fourth-order valence-electron chi connectivity index (χ4n) is 3.85. The molecule has 3 heteroatoms. The van der Waals surface area contributed by atoms with Crippen LogP contribution in [0.1, 0.15) is 0 Å². The summed E-state index contributed by atoms with van der Waals surface area (Å²) in [6, 6.07) is 31.1. The van der Waals surface area contributed by atoms with Crippen molar-refractivity contribution in [1.82, 2.24) is 4.57 Å². The van der Waals surface area contributed by atoms with Crippen LogP contribution in [0, 0.1) is 0 Å². The Hall–Kier alpha value is -3.72. The molecule has 0 atom stereocenters. The van der Waals surface area contributed by atoms with Crippen LogP contribution in [0.4, 0.5) is 11.4 Å². The first-order chi connectivity index (χ1) is 13.2. The zero-order chi connectivity index (χ0) is 18.4. The van der Waals surface area contributed by atoms with E-state index in [4.69, 9.17) is 11.5 Å². The molecule has 0 saturated heterocycles. The minimum Gasteiger partial charge on any atom is -0.399 e. The van der Waals surface area contributed by atoms with Crippen molar-refractivity contribution in [3.8, 4) is 16.8 Å². The Morgan fingerprint density at radius 1 is 0.556 bits per heavy atom. The molecule has 5 aromatic rings. The lowest BCUT2D eigenvalue weighted by Gasteiger charge is -2.14. The number of hydrogen-bond acceptors (Lipinski definition) is 2. The second-order valence-electron chi connectivity index (χ2n) is 6.77. The van der Waals surface area contributed by atoms with Gasteiger partial charge in [-0.15, -0.1) is 0 Å². The number of benzene rings is 4. The van der Waals surface area contributed by atoms with Crippen LogP contribution < -0.4 is 11.5 Å². The smallest absolute Gasteiger partial charge is 0.0542 e. The van der Waals surface area contributed by atoms with Crippen LogP contribution in [-0.2, 0) is 0 Å². The predicted octanol–water partition coefficient (Wildman–Crippen LogP) is 5.62. The van der Waals surface area contributed by atoms with Crippen LogP contribution in [-0.4, -0.2) is 4.57 Å². The summed E-state index contributed by atoms with van der Waals surface area (Å²) in [4.78, 5) is 0. The van der Waals surface area contributed by atoms with Gasteiger partial charge in [0.25, 0.3) is 0 Å². The third-order valence-corrected chi connectivity index (χ3v) is 5.04. The van der Waals surface area contributed by atoms with E-state index in [1.54, 1.807) is 0 Å². The minimum absolute atomic E-state index is 0.750. The molecule has 0 bridgehead atoms. The van der Waals surface area contributed by atoms with E-state index in [1.165, 1.54) is 11.1 Å². The molecule has 0 saturated carbocycles. The summed E-state index contributed by atoms with van der Waals surface area (Å²) in [6.07, 6.45) is 0. The SMILES string of the molecule is Nc1ccc2c(c1)c1cc(N)ccc1n2-c1ccccc1-c1ccccc1. The normalized spacial score (nSPS) is 11.3. The van der Waals surface area contributed by atoms with E-state index >= 15 is 0 Å². The Morgan fingerprint density at radius 3 is 1.74 bits per heavy atom. The Labute approximate surface area is 157 Å². The largest absolute Gasteiger partial charge is 0.399 e. The molecule has 3 nitrogen and oxygen atoms in total. The van der Waals surface area contributed by atoms with Crippen LogP contribution in [0.3, 0.4) is 0 Å². The molecule has 27 heavy (non-hydrogen) atoms. The van der Waals surface area contributed by atoms with Gasteiger partial charge in [0, 0.05) is 27.7 Å². The Morgan fingerprint density at radius 2 is 1.11 bits per heavy atom. The maximum absolute atomic E-state index is 6.08. The fraction of sp³-hybridized carbons (Fsp3) is 0. The van der Waals surface area contributed by atoms with Crippen molar-refractivity contribution in [3.05, 3.63) is 91.0 Å². The van der Waals surface area contributed by atoms with Crippen molar-refractivity contribution in [2.75, 3.05) is 11.5 Å². The number of nitrogens with two attached hydrogens (primary N) is 2. The molecule has 4 N–H and O–H groups in total. The topological polar surface area (TPSA) is 57.0 Å². The van der Waals surface area contributed by atoms with Crippen LogP contribution >= 0.6 is 0 Å². The third kappa shape index (κ3) is 2.44. The van der Waals surface area contributed by atoms with Gasteiger partial charge in [0.2, 0.25) is 0 Å². The van der Waals surface area contributed by atoms with Crippen LogP contribution in [0.25, 0.3) is 38.6 Å². The summed E-state index contributed by atoms with van der Waals surface area (Å²) in [5.41, 5.74) is 19.4. The van der Waals surface area contributed by atoms with Crippen LogP contribution in [0.2, 0.25) is 0 Å². The highest BCUT2D eigenvalue weighted by molar-refractivity contribution is 6.11. The molecule has 0 aliphatic heterocycles. The van der Waals surface area contributed by atoms with Crippen LogP contribution in [0.15, 0.2) is 91.0 Å². The van der Waals surface area contributed by atoms with Crippen molar-refractivity contribution >= 4 is 33.2 Å². The van der Waals surface area contributed by atoms with Gasteiger partial charge in [-0.1, -0.05) is 48.5 Å². The summed E-state index contributed by atoms with van der Waals surface area (Å²) in [5, 5.41) is 2.22. The molecule has 1 heterocycles. The molecule has 4 aromatic carbocycles. The van der Waals surface area contributed by atoms with Crippen molar-refractivity contribution in [3.63, 3.8) is 0 Å². The second kappa shape index (κ2) is 5.92. The van der Waals surface area contributed by atoms with E-state index < -0.39 is 0 Å². The van der Waals surface area contributed by atoms with Crippen molar-refractivity contribution in [2.24, 2.45) is 0 Å². The number of para-hydroxylation sites is 1. The number of nitrogens with zero attached hydrogens (tertiary/aromatic N) is 1. The molecule has 1 aromatic heterocycles. The lowest BCUT2D eigenvalue weighted by Crippen LogP contribution is -1.97. The zero-order valence-electron chi connectivity index (χ0n) is 14.8. The molecule has 0 aliphatic rings. The summed E-state index contributed by atoms with van der Waals surface area (Å²) in [5.74, 6) is 0. The lowest BCUT2D eigenvalue weighted by molar-refractivity contribution is 1.18. The zero-order valence-corrected chi connectivity index (χ0v) is 14.8. The average molecular weight is 349 g/mol.